The average Bonchev–Trinajstić information content (AvgIpc) is 2.21. The molecule has 0 aliphatic rings. The lowest BCUT2D eigenvalue weighted by Crippen LogP contribution is -2.22. The molecule has 0 aliphatic heterocycles. The fourth-order valence-electron chi connectivity index (χ4n) is 1.09. The molecule has 0 fully saturated rings. The normalized spacial score (nSPS) is 11.2. The van der Waals surface area contributed by atoms with Crippen LogP contribution in [0.5, 0.6) is 0 Å². The fourth-order valence-corrected chi connectivity index (χ4v) is 1.22. The molecule has 80 valence electrons. The molecule has 0 amide bonds. The molecule has 0 radical (unpaired) electrons. The fraction of sp³-hybridized carbons (Fsp3) is 0.200. The van der Waals surface area contributed by atoms with Crippen LogP contribution in [0.1, 0.15) is 18.9 Å². The maximum atomic E-state index is 5.78. The quantitative estimate of drug-likeness (QED) is 0.466. The molecule has 1 aromatic rings. The highest BCUT2D eigenvalue weighted by Crippen LogP contribution is 2.11. The number of rotatable bonds is 3. The van der Waals surface area contributed by atoms with Gasteiger partial charge in [-0.25, -0.2) is 0 Å². The van der Waals surface area contributed by atoms with Gasteiger partial charge in [-0.05, 0) is 24.1 Å². The molecule has 1 rings (SSSR count). The zero-order valence-corrected chi connectivity index (χ0v) is 9.20. The molecule has 0 bridgehead atoms. The lowest BCUT2D eigenvalue weighted by molar-refractivity contribution is 1.15. The van der Waals surface area contributed by atoms with Crippen molar-refractivity contribution in [2.45, 2.75) is 13.3 Å². The van der Waals surface area contributed by atoms with Crippen LogP contribution in [-0.4, -0.2) is 11.7 Å². The monoisotopic (exact) mass is 224 g/mol. The average molecular weight is 225 g/mol. The Morgan fingerprint density at radius 3 is 2.27 bits per heavy atom. The first-order valence-electron chi connectivity index (χ1n) is 4.55. The highest BCUT2D eigenvalue weighted by Gasteiger charge is 2.00. The molecule has 0 aromatic heterocycles. The van der Waals surface area contributed by atoms with Gasteiger partial charge in [0, 0.05) is 5.02 Å². The molecule has 0 spiro atoms. The molecule has 4 N–H and O–H groups in total. The second-order valence-electron chi connectivity index (χ2n) is 2.93. The van der Waals surface area contributed by atoms with Crippen molar-refractivity contribution in [2.75, 3.05) is 0 Å². The number of hydrogen-bond donors (Lipinski definition) is 2. The van der Waals surface area contributed by atoms with E-state index in [1.54, 1.807) is 12.1 Å². The van der Waals surface area contributed by atoms with Crippen LogP contribution in [0.2, 0.25) is 5.02 Å². The van der Waals surface area contributed by atoms with E-state index in [1.165, 1.54) is 0 Å². The standard InChI is InChI=1S/C10H13ClN4/c1-2-9(14-15-10(12)13)7-3-5-8(11)6-4-7/h3-6H,2H2,1H3,(H4,12,13,15)/b14-9+. The van der Waals surface area contributed by atoms with Gasteiger partial charge in [0.2, 0.25) is 5.96 Å². The SMILES string of the molecule is CC/C(=N\N=C(N)N)c1ccc(Cl)cc1. The first kappa shape index (κ1) is 11.5. The van der Waals surface area contributed by atoms with Crippen molar-refractivity contribution in [1.29, 1.82) is 0 Å². The van der Waals surface area contributed by atoms with Crippen LogP contribution in [0.15, 0.2) is 34.5 Å². The summed E-state index contributed by atoms with van der Waals surface area (Å²) >= 11 is 5.78. The summed E-state index contributed by atoms with van der Waals surface area (Å²) in [7, 11) is 0. The molecule has 0 unspecified atom stereocenters. The molecule has 4 nitrogen and oxygen atoms in total. The summed E-state index contributed by atoms with van der Waals surface area (Å²) in [4.78, 5) is 0. The lowest BCUT2D eigenvalue weighted by atomic mass is 10.1. The summed E-state index contributed by atoms with van der Waals surface area (Å²) in [6.45, 7) is 1.98. The van der Waals surface area contributed by atoms with Crippen LogP contribution >= 0.6 is 11.6 Å². The maximum Gasteiger partial charge on any atom is 0.211 e. The minimum absolute atomic E-state index is 0.0464. The Bertz CT molecular complexity index is 377. The maximum absolute atomic E-state index is 5.78. The van der Waals surface area contributed by atoms with E-state index in [0.29, 0.717) is 5.02 Å². The molecule has 0 atom stereocenters. The highest BCUT2D eigenvalue weighted by molar-refractivity contribution is 6.30. The van der Waals surface area contributed by atoms with E-state index < -0.39 is 0 Å². The smallest absolute Gasteiger partial charge is 0.211 e. The Balaban J connectivity index is 2.97. The number of nitrogens with two attached hydrogens (primary N) is 2. The van der Waals surface area contributed by atoms with Crippen molar-refractivity contribution in [3.8, 4) is 0 Å². The number of nitrogens with zero attached hydrogens (tertiary/aromatic N) is 2. The molecule has 15 heavy (non-hydrogen) atoms. The van der Waals surface area contributed by atoms with Crippen LogP contribution in [0, 0.1) is 0 Å². The Morgan fingerprint density at radius 1 is 1.20 bits per heavy atom. The third kappa shape index (κ3) is 3.59. The van der Waals surface area contributed by atoms with Gasteiger partial charge < -0.3 is 11.5 Å². The molecule has 0 heterocycles. The molecule has 0 saturated heterocycles. The zero-order chi connectivity index (χ0) is 11.3. The molecule has 5 heteroatoms. The van der Waals surface area contributed by atoms with Gasteiger partial charge in [-0.2, -0.15) is 5.10 Å². The predicted octanol–water partition coefficient (Wildman–Crippen LogP) is 1.73. The van der Waals surface area contributed by atoms with E-state index in [2.05, 4.69) is 10.2 Å². The number of guanidine groups is 1. The van der Waals surface area contributed by atoms with E-state index >= 15 is 0 Å². The summed E-state index contributed by atoms with van der Waals surface area (Å²) in [6.07, 6.45) is 0.748. The molecular formula is C10H13ClN4. The number of halogens is 1. The summed E-state index contributed by atoms with van der Waals surface area (Å²) in [6, 6.07) is 7.37. The largest absolute Gasteiger partial charge is 0.369 e. The lowest BCUT2D eigenvalue weighted by Gasteiger charge is -2.01. The Kier molecular flexibility index (Phi) is 4.12. The van der Waals surface area contributed by atoms with Crippen LogP contribution in [0.25, 0.3) is 0 Å². The second-order valence-corrected chi connectivity index (χ2v) is 3.37. The molecule has 1 aromatic carbocycles. The van der Waals surface area contributed by atoms with Crippen molar-refractivity contribution >= 4 is 23.3 Å². The Morgan fingerprint density at radius 2 is 1.80 bits per heavy atom. The summed E-state index contributed by atoms with van der Waals surface area (Å²) in [5.74, 6) is -0.0464. The van der Waals surface area contributed by atoms with Gasteiger partial charge in [0.1, 0.15) is 0 Å². The number of benzene rings is 1. The van der Waals surface area contributed by atoms with Gasteiger partial charge in [0.05, 0.1) is 5.71 Å². The molecular weight excluding hydrogens is 212 g/mol. The van der Waals surface area contributed by atoms with Crippen LogP contribution in [-0.2, 0) is 0 Å². The van der Waals surface area contributed by atoms with E-state index in [1.807, 2.05) is 19.1 Å². The second kappa shape index (κ2) is 5.36. The van der Waals surface area contributed by atoms with Crippen LogP contribution in [0.4, 0.5) is 0 Å². The van der Waals surface area contributed by atoms with Gasteiger partial charge in [-0.15, -0.1) is 5.10 Å². The third-order valence-corrected chi connectivity index (χ3v) is 2.05. The van der Waals surface area contributed by atoms with E-state index in [4.69, 9.17) is 23.1 Å². The van der Waals surface area contributed by atoms with Gasteiger partial charge in [0.25, 0.3) is 0 Å². The minimum Gasteiger partial charge on any atom is -0.369 e. The summed E-state index contributed by atoms with van der Waals surface area (Å²) < 4.78 is 0. The van der Waals surface area contributed by atoms with Crippen LogP contribution < -0.4 is 11.5 Å². The van der Waals surface area contributed by atoms with E-state index in [0.717, 1.165) is 17.7 Å². The van der Waals surface area contributed by atoms with Crippen molar-refractivity contribution < 1.29 is 0 Å². The topological polar surface area (TPSA) is 76.8 Å². The Labute approximate surface area is 93.6 Å². The predicted molar refractivity (Wildman–Crippen MR) is 64.1 cm³/mol. The van der Waals surface area contributed by atoms with Crippen molar-refractivity contribution in [1.82, 2.24) is 0 Å². The molecule has 0 saturated carbocycles. The highest BCUT2D eigenvalue weighted by atomic mass is 35.5. The van der Waals surface area contributed by atoms with Gasteiger partial charge in [-0.3, -0.25) is 0 Å². The van der Waals surface area contributed by atoms with Crippen molar-refractivity contribution in [3.63, 3.8) is 0 Å². The van der Waals surface area contributed by atoms with Crippen molar-refractivity contribution in [2.24, 2.45) is 21.7 Å². The van der Waals surface area contributed by atoms with E-state index in [9.17, 15) is 0 Å². The summed E-state index contributed by atoms with van der Waals surface area (Å²) in [5, 5.41) is 8.27. The Hall–Kier alpha value is -1.55. The third-order valence-electron chi connectivity index (χ3n) is 1.80. The van der Waals surface area contributed by atoms with E-state index in [-0.39, 0.29) is 5.96 Å². The van der Waals surface area contributed by atoms with Gasteiger partial charge in [-0.1, -0.05) is 30.7 Å². The first-order chi connectivity index (χ1) is 7.13. The van der Waals surface area contributed by atoms with Crippen LogP contribution in [0.3, 0.4) is 0 Å². The minimum atomic E-state index is -0.0464. The number of hydrogen-bond acceptors (Lipinski definition) is 2. The van der Waals surface area contributed by atoms with Gasteiger partial charge in [0.15, 0.2) is 0 Å². The van der Waals surface area contributed by atoms with Gasteiger partial charge >= 0.3 is 0 Å². The summed E-state index contributed by atoms with van der Waals surface area (Å²) in [5.41, 5.74) is 12.2. The van der Waals surface area contributed by atoms with Crippen molar-refractivity contribution in [3.05, 3.63) is 34.9 Å². The molecule has 0 aliphatic carbocycles. The zero-order valence-electron chi connectivity index (χ0n) is 8.44. The first-order valence-corrected chi connectivity index (χ1v) is 4.92.